The average molecular weight is 141 g/mol. The molecule has 1 fully saturated rings. The van der Waals surface area contributed by atoms with E-state index in [1.54, 1.807) is 0 Å². The first-order valence-electron chi connectivity index (χ1n) is 3.99. The quantitative estimate of drug-likeness (QED) is 0.583. The summed E-state index contributed by atoms with van der Waals surface area (Å²) < 4.78 is 0. The van der Waals surface area contributed by atoms with Gasteiger partial charge < -0.3 is 5.32 Å². The maximum atomic E-state index is 11.1. The Morgan fingerprint density at radius 3 is 2.70 bits per heavy atom. The van der Waals surface area contributed by atoms with Gasteiger partial charge in [-0.15, -0.1) is 0 Å². The molecule has 2 nitrogen and oxygen atoms in total. The highest BCUT2D eigenvalue weighted by molar-refractivity contribution is 5.79. The Hall–Kier alpha value is -0.530. The lowest BCUT2D eigenvalue weighted by Gasteiger charge is -2.24. The zero-order valence-corrected chi connectivity index (χ0v) is 6.68. The molecule has 0 bridgehead atoms. The molecule has 1 saturated heterocycles. The molecule has 58 valence electrons. The van der Waals surface area contributed by atoms with E-state index in [9.17, 15) is 4.79 Å². The minimum atomic E-state index is 0.251. The first-order valence-corrected chi connectivity index (χ1v) is 3.99. The molecular weight excluding hydrogens is 126 g/mol. The molecule has 0 saturated carbocycles. The Bertz CT molecular complexity index is 131. The molecule has 0 unspecified atom stereocenters. The molecule has 1 heterocycles. The van der Waals surface area contributed by atoms with Crippen LogP contribution in [-0.2, 0) is 4.79 Å². The van der Waals surface area contributed by atoms with Gasteiger partial charge in [-0.2, -0.15) is 0 Å². The molecule has 1 N–H and O–H groups in total. The molecule has 0 aromatic carbocycles. The van der Waals surface area contributed by atoms with Crippen LogP contribution in [0.15, 0.2) is 0 Å². The molecular formula is C8H15NO. The van der Waals surface area contributed by atoms with Crippen molar-refractivity contribution in [3.8, 4) is 0 Å². The fraction of sp³-hybridized carbons (Fsp3) is 0.875. The van der Waals surface area contributed by atoms with E-state index in [1.807, 2.05) is 0 Å². The maximum absolute atomic E-state index is 11.1. The van der Waals surface area contributed by atoms with Crippen LogP contribution in [0.3, 0.4) is 0 Å². The standard InChI is InChI=1S/C8H15NO/c1-6(2)7-4-3-5-9-8(7)10/h6-7H,3-5H2,1-2H3,(H,9,10)/t7-/m0/s1. The SMILES string of the molecule is CC(C)[C@@H]1CCCNC1=O. The van der Waals surface area contributed by atoms with Crippen molar-refractivity contribution >= 4 is 5.91 Å². The summed E-state index contributed by atoms with van der Waals surface area (Å²) in [7, 11) is 0. The van der Waals surface area contributed by atoms with Crippen molar-refractivity contribution in [3.63, 3.8) is 0 Å². The number of piperidine rings is 1. The summed E-state index contributed by atoms with van der Waals surface area (Å²) in [6, 6.07) is 0. The number of carbonyl (C=O) groups excluding carboxylic acids is 1. The van der Waals surface area contributed by atoms with Crippen LogP contribution in [0.1, 0.15) is 26.7 Å². The van der Waals surface area contributed by atoms with Gasteiger partial charge >= 0.3 is 0 Å². The molecule has 0 aromatic heterocycles. The minimum absolute atomic E-state index is 0.251. The molecule has 0 radical (unpaired) electrons. The minimum Gasteiger partial charge on any atom is -0.356 e. The van der Waals surface area contributed by atoms with Crippen LogP contribution in [0.5, 0.6) is 0 Å². The van der Waals surface area contributed by atoms with Crippen molar-refractivity contribution in [1.82, 2.24) is 5.32 Å². The Balaban J connectivity index is 2.48. The van der Waals surface area contributed by atoms with E-state index in [1.165, 1.54) is 0 Å². The van der Waals surface area contributed by atoms with Crippen molar-refractivity contribution in [2.45, 2.75) is 26.7 Å². The predicted molar refractivity (Wildman–Crippen MR) is 40.6 cm³/mol. The van der Waals surface area contributed by atoms with Gasteiger partial charge in [0.2, 0.25) is 5.91 Å². The van der Waals surface area contributed by atoms with E-state index >= 15 is 0 Å². The molecule has 0 aliphatic carbocycles. The number of carbonyl (C=O) groups is 1. The molecule has 2 heteroatoms. The van der Waals surface area contributed by atoms with Gasteiger partial charge in [-0.3, -0.25) is 4.79 Å². The highest BCUT2D eigenvalue weighted by Gasteiger charge is 2.24. The number of amides is 1. The Labute approximate surface area is 62.0 Å². The largest absolute Gasteiger partial charge is 0.356 e. The summed E-state index contributed by atoms with van der Waals surface area (Å²) in [6.07, 6.45) is 2.22. The van der Waals surface area contributed by atoms with E-state index in [2.05, 4.69) is 19.2 Å². The zero-order valence-electron chi connectivity index (χ0n) is 6.68. The van der Waals surface area contributed by atoms with E-state index in [4.69, 9.17) is 0 Å². The Kier molecular flexibility index (Phi) is 2.30. The van der Waals surface area contributed by atoms with E-state index in [-0.39, 0.29) is 11.8 Å². The molecule has 1 aliphatic heterocycles. The molecule has 0 spiro atoms. The second-order valence-electron chi connectivity index (χ2n) is 3.28. The van der Waals surface area contributed by atoms with Crippen molar-refractivity contribution in [3.05, 3.63) is 0 Å². The van der Waals surface area contributed by atoms with E-state index < -0.39 is 0 Å². The van der Waals surface area contributed by atoms with Gasteiger partial charge in [0, 0.05) is 12.5 Å². The predicted octanol–water partition coefficient (Wildman–Crippen LogP) is 1.17. The van der Waals surface area contributed by atoms with Crippen LogP contribution in [-0.4, -0.2) is 12.5 Å². The van der Waals surface area contributed by atoms with E-state index in [0.29, 0.717) is 5.92 Å². The van der Waals surface area contributed by atoms with Crippen molar-refractivity contribution in [2.75, 3.05) is 6.54 Å². The molecule has 1 amide bonds. The van der Waals surface area contributed by atoms with Crippen LogP contribution in [0, 0.1) is 11.8 Å². The maximum Gasteiger partial charge on any atom is 0.223 e. The first kappa shape index (κ1) is 7.58. The van der Waals surface area contributed by atoms with Gasteiger partial charge in [-0.25, -0.2) is 0 Å². The van der Waals surface area contributed by atoms with E-state index in [0.717, 1.165) is 19.4 Å². The summed E-state index contributed by atoms with van der Waals surface area (Å²) in [6.45, 7) is 5.09. The number of hydrogen-bond donors (Lipinski definition) is 1. The lowest BCUT2D eigenvalue weighted by atomic mass is 9.88. The lowest BCUT2D eigenvalue weighted by Crippen LogP contribution is -2.38. The Morgan fingerprint density at radius 2 is 2.30 bits per heavy atom. The van der Waals surface area contributed by atoms with Crippen LogP contribution in [0.4, 0.5) is 0 Å². The highest BCUT2D eigenvalue weighted by Crippen LogP contribution is 2.19. The number of nitrogens with one attached hydrogen (secondary N) is 1. The molecule has 1 aliphatic rings. The molecule has 0 aromatic rings. The summed E-state index contributed by atoms with van der Waals surface area (Å²) in [4.78, 5) is 11.1. The lowest BCUT2D eigenvalue weighted by molar-refractivity contribution is -0.128. The highest BCUT2D eigenvalue weighted by atomic mass is 16.1. The third-order valence-electron chi connectivity index (χ3n) is 2.13. The molecule has 1 rings (SSSR count). The van der Waals surface area contributed by atoms with Crippen LogP contribution in [0.2, 0.25) is 0 Å². The van der Waals surface area contributed by atoms with Gasteiger partial charge in [0.05, 0.1) is 0 Å². The smallest absolute Gasteiger partial charge is 0.223 e. The molecule has 1 atom stereocenters. The monoisotopic (exact) mass is 141 g/mol. The van der Waals surface area contributed by atoms with Crippen molar-refractivity contribution in [1.29, 1.82) is 0 Å². The number of hydrogen-bond acceptors (Lipinski definition) is 1. The molecule has 10 heavy (non-hydrogen) atoms. The van der Waals surface area contributed by atoms with Crippen LogP contribution in [0.25, 0.3) is 0 Å². The third-order valence-corrected chi connectivity index (χ3v) is 2.13. The van der Waals surface area contributed by atoms with Gasteiger partial charge in [-0.05, 0) is 18.8 Å². The second kappa shape index (κ2) is 3.04. The first-order chi connectivity index (χ1) is 4.72. The van der Waals surface area contributed by atoms with Gasteiger partial charge in [0.1, 0.15) is 0 Å². The van der Waals surface area contributed by atoms with Gasteiger partial charge in [0.15, 0.2) is 0 Å². The summed E-state index contributed by atoms with van der Waals surface area (Å²) >= 11 is 0. The summed E-state index contributed by atoms with van der Waals surface area (Å²) in [5.74, 6) is 1.02. The fourth-order valence-corrected chi connectivity index (χ4v) is 1.43. The van der Waals surface area contributed by atoms with Gasteiger partial charge in [0.25, 0.3) is 0 Å². The fourth-order valence-electron chi connectivity index (χ4n) is 1.43. The number of rotatable bonds is 1. The summed E-state index contributed by atoms with van der Waals surface area (Å²) in [5.41, 5.74) is 0. The normalized spacial score (nSPS) is 26.7. The van der Waals surface area contributed by atoms with Crippen LogP contribution >= 0.6 is 0 Å². The van der Waals surface area contributed by atoms with Crippen molar-refractivity contribution < 1.29 is 4.79 Å². The van der Waals surface area contributed by atoms with Crippen LogP contribution < -0.4 is 5.32 Å². The summed E-state index contributed by atoms with van der Waals surface area (Å²) in [5, 5.41) is 2.87. The average Bonchev–Trinajstić information content (AvgIpc) is 1.88. The zero-order chi connectivity index (χ0) is 7.56. The third kappa shape index (κ3) is 1.49. The Morgan fingerprint density at radius 1 is 1.60 bits per heavy atom. The second-order valence-corrected chi connectivity index (χ2v) is 3.28. The van der Waals surface area contributed by atoms with Gasteiger partial charge in [-0.1, -0.05) is 13.8 Å². The van der Waals surface area contributed by atoms with Crippen molar-refractivity contribution in [2.24, 2.45) is 11.8 Å². The topological polar surface area (TPSA) is 29.1 Å².